The average molecular weight is 342 g/mol. The number of anilines is 1. The first-order valence-electron chi connectivity index (χ1n) is 6.57. The van der Waals surface area contributed by atoms with E-state index in [4.69, 9.17) is 4.84 Å². The first-order valence-corrected chi connectivity index (χ1v) is 7.45. The van der Waals surface area contributed by atoms with E-state index in [1.165, 1.54) is 42.7 Å². The molecular formula is C15H13F3N2O2S. The Morgan fingerprint density at radius 1 is 1.30 bits per heavy atom. The minimum absolute atomic E-state index is 0.317. The van der Waals surface area contributed by atoms with Gasteiger partial charge in [0.05, 0.1) is 17.5 Å². The second-order valence-corrected chi connectivity index (χ2v) is 5.51. The van der Waals surface area contributed by atoms with Gasteiger partial charge in [-0.15, -0.1) is 11.3 Å². The fourth-order valence-electron chi connectivity index (χ4n) is 1.66. The van der Waals surface area contributed by atoms with E-state index in [-0.39, 0.29) is 5.69 Å². The molecule has 1 aromatic carbocycles. The summed E-state index contributed by atoms with van der Waals surface area (Å²) in [5, 5.41) is 7.71. The first kappa shape index (κ1) is 17.0. The third-order valence-corrected chi connectivity index (χ3v) is 3.61. The van der Waals surface area contributed by atoms with Crippen molar-refractivity contribution in [1.29, 1.82) is 0 Å². The SMILES string of the molecule is CC(O/N=C/c1cccs1)C(=O)Nc1ccccc1C(F)(F)F. The highest BCUT2D eigenvalue weighted by atomic mass is 32.1. The molecule has 2 rings (SSSR count). The summed E-state index contributed by atoms with van der Waals surface area (Å²) in [6.45, 7) is 1.40. The lowest BCUT2D eigenvalue weighted by molar-refractivity contribution is -0.137. The van der Waals surface area contributed by atoms with E-state index >= 15 is 0 Å². The molecule has 0 aliphatic heterocycles. The van der Waals surface area contributed by atoms with Crippen molar-refractivity contribution in [1.82, 2.24) is 0 Å². The Hall–Kier alpha value is -2.35. The number of hydrogen-bond donors (Lipinski definition) is 1. The largest absolute Gasteiger partial charge is 0.418 e. The summed E-state index contributed by atoms with van der Waals surface area (Å²) >= 11 is 1.44. The molecule has 0 spiro atoms. The zero-order valence-electron chi connectivity index (χ0n) is 12.0. The highest BCUT2D eigenvalue weighted by Crippen LogP contribution is 2.34. The van der Waals surface area contributed by atoms with Crippen LogP contribution >= 0.6 is 11.3 Å². The van der Waals surface area contributed by atoms with E-state index in [1.807, 2.05) is 17.5 Å². The maximum absolute atomic E-state index is 12.9. The van der Waals surface area contributed by atoms with Gasteiger partial charge in [-0.25, -0.2) is 0 Å². The average Bonchev–Trinajstić information content (AvgIpc) is 3.00. The van der Waals surface area contributed by atoms with Gasteiger partial charge in [-0.1, -0.05) is 23.4 Å². The van der Waals surface area contributed by atoms with Gasteiger partial charge in [0.15, 0.2) is 0 Å². The molecule has 8 heteroatoms. The van der Waals surface area contributed by atoms with Gasteiger partial charge in [-0.3, -0.25) is 4.79 Å². The topological polar surface area (TPSA) is 50.7 Å². The summed E-state index contributed by atoms with van der Waals surface area (Å²) < 4.78 is 38.6. The molecule has 1 atom stereocenters. The smallest absolute Gasteiger partial charge is 0.383 e. The number of oxime groups is 1. The summed E-state index contributed by atoms with van der Waals surface area (Å²) in [4.78, 5) is 17.7. The molecule has 1 unspecified atom stereocenters. The van der Waals surface area contributed by atoms with E-state index in [1.54, 1.807) is 0 Å². The van der Waals surface area contributed by atoms with Gasteiger partial charge < -0.3 is 10.2 Å². The van der Waals surface area contributed by atoms with Crippen molar-refractivity contribution in [3.63, 3.8) is 0 Å². The lowest BCUT2D eigenvalue weighted by Gasteiger charge is -2.15. The van der Waals surface area contributed by atoms with Crippen LogP contribution in [0.5, 0.6) is 0 Å². The van der Waals surface area contributed by atoms with Crippen LogP contribution in [0.2, 0.25) is 0 Å². The zero-order valence-corrected chi connectivity index (χ0v) is 12.8. The molecule has 122 valence electrons. The van der Waals surface area contributed by atoms with Gasteiger partial charge >= 0.3 is 6.18 Å². The molecule has 0 fully saturated rings. The molecule has 1 heterocycles. The zero-order chi connectivity index (χ0) is 16.9. The van der Waals surface area contributed by atoms with Crippen molar-refractivity contribution in [3.05, 3.63) is 52.2 Å². The number of thiophene rings is 1. The summed E-state index contributed by atoms with van der Waals surface area (Å²) in [5.74, 6) is -0.718. The maximum Gasteiger partial charge on any atom is 0.418 e. The lowest BCUT2D eigenvalue weighted by atomic mass is 10.1. The van der Waals surface area contributed by atoms with E-state index in [0.717, 1.165) is 10.9 Å². The Bertz CT molecular complexity index is 684. The van der Waals surface area contributed by atoms with Crippen molar-refractivity contribution < 1.29 is 22.8 Å². The lowest BCUT2D eigenvalue weighted by Crippen LogP contribution is -2.27. The standard InChI is InChI=1S/C15H13F3N2O2S/c1-10(22-19-9-11-5-4-8-23-11)14(21)20-13-7-3-2-6-12(13)15(16,17)18/h2-10H,1H3,(H,20,21)/b19-9+. The predicted molar refractivity (Wildman–Crippen MR) is 82.5 cm³/mol. The van der Waals surface area contributed by atoms with Crippen molar-refractivity contribution in [2.45, 2.75) is 19.2 Å². The van der Waals surface area contributed by atoms with Crippen LogP contribution in [-0.2, 0) is 15.8 Å². The minimum Gasteiger partial charge on any atom is -0.383 e. The highest BCUT2D eigenvalue weighted by Gasteiger charge is 2.33. The maximum atomic E-state index is 12.9. The van der Waals surface area contributed by atoms with E-state index in [9.17, 15) is 18.0 Å². The molecular weight excluding hydrogens is 329 g/mol. The molecule has 4 nitrogen and oxygen atoms in total. The quantitative estimate of drug-likeness (QED) is 0.656. The Labute approximate surface area is 134 Å². The van der Waals surface area contributed by atoms with Crippen molar-refractivity contribution in [2.24, 2.45) is 5.16 Å². The summed E-state index contributed by atoms with van der Waals surface area (Å²) in [6.07, 6.45) is -4.16. The number of nitrogens with zero attached hydrogens (tertiary/aromatic N) is 1. The number of hydrogen-bond acceptors (Lipinski definition) is 4. The molecule has 0 aliphatic rings. The predicted octanol–water partition coefficient (Wildman–Crippen LogP) is 4.14. The van der Waals surface area contributed by atoms with E-state index in [0.29, 0.717) is 0 Å². The van der Waals surface area contributed by atoms with Crippen molar-refractivity contribution in [2.75, 3.05) is 5.32 Å². The number of amides is 1. The Balaban J connectivity index is 1.99. The second-order valence-electron chi connectivity index (χ2n) is 4.53. The molecule has 0 aliphatic carbocycles. The number of carbonyl (C=O) groups excluding carboxylic acids is 1. The number of para-hydroxylation sites is 1. The molecule has 0 radical (unpaired) electrons. The van der Waals surface area contributed by atoms with Gasteiger partial charge in [0.25, 0.3) is 5.91 Å². The van der Waals surface area contributed by atoms with Crippen molar-refractivity contribution in [3.8, 4) is 0 Å². The minimum atomic E-state index is -4.55. The van der Waals surface area contributed by atoms with E-state index < -0.39 is 23.8 Å². The van der Waals surface area contributed by atoms with Gasteiger partial charge in [0.2, 0.25) is 6.10 Å². The van der Waals surface area contributed by atoms with Crippen LogP contribution in [0.4, 0.5) is 18.9 Å². The van der Waals surface area contributed by atoms with Crippen LogP contribution in [0.3, 0.4) is 0 Å². The number of benzene rings is 1. The molecule has 0 saturated carbocycles. The molecule has 1 amide bonds. The second kappa shape index (κ2) is 7.28. The van der Waals surface area contributed by atoms with Crippen LogP contribution in [0.25, 0.3) is 0 Å². The molecule has 1 aromatic heterocycles. The van der Waals surface area contributed by atoms with Crippen LogP contribution in [-0.4, -0.2) is 18.2 Å². The number of alkyl halides is 3. The van der Waals surface area contributed by atoms with Crippen LogP contribution < -0.4 is 5.32 Å². The van der Waals surface area contributed by atoms with Crippen LogP contribution in [0.15, 0.2) is 46.9 Å². The van der Waals surface area contributed by atoms with Gasteiger partial charge in [0.1, 0.15) is 0 Å². The summed E-state index contributed by atoms with van der Waals surface area (Å²) in [6, 6.07) is 8.38. The molecule has 23 heavy (non-hydrogen) atoms. The molecule has 0 bridgehead atoms. The number of carbonyl (C=O) groups is 1. The Kier molecular flexibility index (Phi) is 5.38. The first-order chi connectivity index (χ1) is 10.9. The Morgan fingerprint density at radius 2 is 2.04 bits per heavy atom. The van der Waals surface area contributed by atoms with Gasteiger partial charge in [0, 0.05) is 4.88 Å². The van der Waals surface area contributed by atoms with Gasteiger partial charge in [-0.2, -0.15) is 13.2 Å². The summed E-state index contributed by atoms with van der Waals surface area (Å²) in [7, 11) is 0. The fourth-order valence-corrected chi connectivity index (χ4v) is 2.24. The van der Waals surface area contributed by atoms with Crippen LogP contribution in [0.1, 0.15) is 17.4 Å². The Morgan fingerprint density at radius 3 is 2.70 bits per heavy atom. The number of rotatable bonds is 5. The summed E-state index contributed by atoms with van der Waals surface area (Å²) in [5.41, 5.74) is -1.23. The third-order valence-electron chi connectivity index (χ3n) is 2.80. The number of nitrogens with one attached hydrogen (secondary N) is 1. The molecule has 2 aromatic rings. The van der Waals surface area contributed by atoms with Crippen LogP contribution in [0, 0.1) is 0 Å². The van der Waals surface area contributed by atoms with E-state index in [2.05, 4.69) is 10.5 Å². The normalized spacial score (nSPS) is 13.0. The highest BCUT2D eigenvalue weighted by molar-refractivity contribution is 7.11. The third kappa shape index (κ3) is 4.82. The van der Waals surface area contributed by atoms with Gasteiger partial charge in [-0.05, 0) is 30.5 Å². The monoisotopic (exact) mass is 342 g/mol. The van der Waals surface area contributed by atoms with Crippen molar-refractivity contribution >= 4 is 29.1 Å². The molecule has 1 N–H and O–H groups in total. The number of halogens is 3. The molecule has 0 saturated heterocycles. The fraction of sp³-hybridized carbons (Fsp3) is 0.200.